The number of carbonyl (C=O) groups excluding carboxylic acids is 1. The van der Waals surface area contributed by atoms with Crippen LogP contribution in [0.3, 0.4) is 0 Å². The number of rotatable bonds is 8. The lowest BCUT2D eigenvalue weighted by atomic mass is 10.1. The molecule has 0 bridgehead atoms. The highest BCUT2D eigenvalue weighted by Gasteiger charge is 2.16. The number of ether oxygens (including phenoxy) is 2. The molecular formula is C19H24N2O3. The molecule has 1 N–H and O–H groups in total. The van der Waals surface area contributed by atoms with Crippen molar-refractivity contribution in [2.45, 2.75) is 6.92 Å². The molecule has 0 radical (unpaired) electrons. The predicted octanol–water partition coefficient (Wildman–Crippen LogP) is 2.96. The lowest BCUT2D eigenvalue weighted by Gasteiger charge is -2.23. The molecule has 0 atom stereocenters. The number of nitrogens with one attached hydrogen (secondary N) is 1. The first kappa shape index (κ1) is 17.7. The summed E-state index contributed by atoms with van der Waals surface area (Å²) in [6.07, 6.45) is 0. The second kappa shape index (κ2) is 8.82. The van der Waals surface area contributed by atoms with Crippen molar-refractivity contribution >= 4 is 11.6 Å². The molecule has 1 amide bonds. The highest BCUT2D eigenvalue weighted by molar-refractivity contribution is 5.97. The van der Waals surface area contributed by atoms with E-state index in [9.17, 15) is 4.79 Å². The fourth-order valence-corrected chi connectivity index (χ4v) is 2.57. The van der Waals surface area contributed by atoms with E-state index in [-0.39, 0.29) is 5.91 Å². The zero-order valence-corrected chi connectivity index (χ0v) is 14.4. The van der Waals surface area contributed by atoms with E-state index < -0.39 is 0 Å². The second-order valence-electron chi connectivity index (χ2n) is 5.21. The van der Waals surface area contributed by atoms with Crippen LogP contribution in [0.2, 0.25) is 0 Å². The maximum absolute atomic E-state index is 12.4. The van der Waals surface area contributed by atoms with Crippen LogP contribution in [0.4, 0.5) is 5.69 Å². The quantitative estimate of drug-likeness (QED) is 0.809. The van der Waals surface area contributed by atoms with Crippen LogP contribution in [0.15, 0.2) is 48.5 Å². The summed E-state index contributed by atoms with van der Waals surface area (Å²) < 4.78 is 10.5. The summed E-state index contributed by atoms with van der Waals surface area (Å²) >= 11 is 0. The summed E-state index contributed by atoms with van der Waals surface area (Å²) in [5.41, 5.74) is 1.62. The Morgan fingerprint density at radius 2 is 1.79 bits per heavy atom. The van der Waals surface area contributed by atoms with Gasteiger partial charge in [-0.25, -0.2) is 0 Å². The summed E-state index contributed by atoms with van der Waals surface area (Å²) in [6, 6.07) is 15.4. The van der Waals surface area contributed by atoms with Crippen molar-refractivity contribution in [1.82, 2.24) is 5.32 Å². The minimum atomic E-state index is -0.171. The van der Waals surface area contributed by atoms with E-state index in [0.717, 1.165) is 18.8 Å². The van der Waals surface area contributed by atoms with Gasteiger partial charge in [-0.2, -0.15) is 0 Å². The number of hydrogen-bond acceptors (Lipinski definition) is 4. The molecule has 0 saturated carbocycles. The Morgan fingerprint density at radius 3 is 2.42 bits per heavy atom. The number of para-hydroxylation sites is 2. The number of amides is 1. The van der Waals surface area contributed by atoms with Crippen molar-refractivity contribution in [1.29, 1.82) is 0 Å². The van der Waals surface area contributed by atoms with E-state index >= 15 is 0 Å². The first-order chi connectivity index (χ1) is 11.7. The van der Waals surface area contributed by atoms with Crippen molar-refractivity contribution in [2.75, 3.05) is 38.8 Å². The lowest BCUT2D eigenvalue weighted by Crippen LogP contribution is -2.35. The molecule has 0 spiro atoms. The molecule has 128 valence electrons. The fraction of sp³-hybridized carbons (Fsp3) is 0.316. The SMILES string of the molecule is CCN(CCNC(=O)c1cccc(OC)c1OC)c1ccccc1. The molecule has 2 aromatic rings. The number of methoxy groups -OCH3 is 2. The van der Waals surface area contributed by atoms with Crippen LogP contribution in [0.5, 0.6) is 11.5 Å². The topological polar surface area (TPSA) is 50.8 Å². The Labute approximate surface area is 143 Å². The maximum atomic E-state index is 12.4. The van der Waals surface area contributed by atoms with Crippen LogP contribution >= 0.6 is 0 Å². The van der Waals surface area contributed by atoms with Gasteiger partial charge in [-0.3, -0.25) is 4.79 Å². The van der Waals surface area contributed by atoms with Crippen LogP contribution < -0.4 is 19.7 Å². The fourth-order valence-electron chi connectivity index (χ4n) is 2.57. The molecule has 0 fully saturated rings. The molecule has 0 aromatic heterocycles. The van der Waals surface area contributed by atoms with E-state index in [4.69, 9.17) is 9.47 Å². The molecule has 24 heavy (non-hydrogen) atoms. The number of anilines is 1. The van der Waals surface area contributed by atoms with Crippen molar-refractivity contribution in [3.8, 4) is 11.5 Å². The minimum Gasteiger partial charge on any atom is -0.493 e. The summed E-state index contributed by atoms with van der Waals surface area (Å²) in [4.78, 5) is 14.6. The van der Waals surface area contributed by atoms with Crippen molar-refractivity contribution in [2.24, 2.45) is 0 Å². The summed E-state index contributed by atoms with van der Waals surface area (Å²) in [6.45, 7) is 4.25. The third kappa shape index (κ3) is 4.19. The van der Waals surface area contributed by atoms with Crippen LogP contribution in [0.1, 0.15) is 17.3 Å². The summed E-state index contributed by atoms with van der Waals surface area (Å²) in [5, 5.41) is 2.94. The maximum Gasteiger partial charge on any atom is 0.255 e. The predicted molar refractivity (Wildman–Crippen MR) is 96.2 cm³/mol. The van der Waals surface area contributed by atoms with Gasteiger partial charge in [-0.05, 0) is 31.2 Å². The Bertz CT molecular complexity index is 659. The third-order valence-electron chi connectivity index (χ3n) is 3.82. The third-order valence-corrected chi connectivity index (χ3v) is 3.82. The van der Waals surface area contributed by atoms with E-state index in [0.29, 0.717) is 23.6 Å². The van der Waals surface area contributed by atoms with E-state index in [1.54, 1.807) is 25.3 Å². The smallest absolute Gasteiger partial charge is 0.255 e. The molecule has 0 unspecified atom stereocenters. The average molecular weight is 328 g/mol. The Kier molecular flexibility index (Phi) is 6.49. The summed E-state index contributed by atoms with van der Waals surface area (Å²) in [7, 11) is 3.08. The zero-order chi connectivity index (χ0) is 17.4. The molecule has 0 aliphatic rings. The molecule has 0 heterocycles. The van der Waals surface area contributed by atoms with E-state index in [1.807, 2.05) is 18.2 Å². The van der Waals surface area contributed by atoms with Gasteiger partial charge in [0.15, 0.2) is 11.5 Å². The second-order valence-corrected chi connectivity index (χ2v) is 5.21. The Balaban J connectivity index is 1.98. The normalized spacial score (nSPS) is 10.1. The highest BCUT2D eigenvalue weighted by atomic mass is 16.5. The first-order valence-corrected chi connectivity index (χ1v) is 8.00. The number of hydrogen-bond donors (Lipinski definition) is 1. The minimum absolute atomic E-state index is 0.171. The number of benzene rings is 2. The van der Waals surface area contributed by atoms with Crippen LogP contribution in [-0.4, -0.2) is 39.8 Å². The van der Waals surface area contributed by atoms with Gasteiger partial charge in [-0.15, -0.1) is 0 Å². The Morgan fingerprint density at radius 1 is 1.04 bits per heavy atom. The van der Waals surface area contributed by atoms with E-state index in [2.05, 4.69) is 29.3 Å². The van der Waals surface area contributed by atoms with Gasteiger partial charge < -0.3 is 19.7 Å². The molecule has 5 nitrogen and oxygen atoms in total. The van der Waals surface area contributed by atoms with Gasteiger partial charge in [0.25, 0.3) is 5.91 Å². The molecule has 0 saturated heterocycles. The highest BCUT2D eigenvalue weighted by Crippen LogP contribution is 2.30. The molecule has 5 heteroatoms. The van der Waals surface area contributed by atoms with Crippen molar-refractivity contribution < 1.29 is 14.3 Å². The lowest BCUT2D eigenvalue weighted by molar-refractivity contribution is 0.0951. The summed E-state index contributed by atoms with van der Waals surface area (Å²) in [5.74, 6) is 0.826. The molecule has 0 aliphatic carbocycles. The first-order valence-electron chi connectivity index (χ1n) is 8.00. The van der Waals surface area contributed by atoms with Crippen LogP contribution in [0.25, 0.3) is 0 Å². The standard InChI is InChI=1S/C19H24N2O3/c1-4-21(15-9-6-5-7-10-15)14-13-20-19(22)16-11-8-12-17(23-2)18(16)24-3/h5-12H,4,13-14H2,1-3H3,(H,20,22). The average Bonchev–Trinajstić information content (AvgIpc) is 2.64. The molecular weight excluding hydrogens is 304 g/mol. The molecule has 0 aliphatic heterocycles. The largest absolute Gasteiger partial charge is 0.493 e. The van der Waals surface area contributed by atoms with E-state index in [1.165, 1.54) is 7.11 Å². The van der Waals surface area contributed by atoms with Gasteiger partial charge in [0.2, 0.25) is 0 Å². The van der Waals surface area contributed by atoms with Crippen LogP contribution in [0, 0.1) is 0 Å². The number of carbonyl (C=O) groups is 1. The van der Waals surface area contributed by atoms with Gasteiger partial charge in [0, 0.05) is 25.3 Å². The van der Waals surface area contributed by atoms with Crippen LogP contribution in [-0.2, 0) is 0 Å². The number of likely N-dealkylation sites (N-methyl/N-ethyl adjacent to an activating group) is 1. The molecule has 2 aromatic carbocycles. The number of nitrogens with zero attached hydrogens (tertiary/aromatic N) is 1. The van der Waals surface area contributed by atoms with Gasteiger partial charge in [0.05, 0.1) is 19.8 Å². The zero-order valence-electron chi connectivity index (χ0n) is 14.4. The molecule has 2 rings (SSSR count). The Hall–Kier alpha value is -2.69. The van der Waals surface area contributed by atoms with Crippen molar-refractivity contribution in [3.05, 3.63) is 54.1 Å². The monoisotopic (exact) mass is 328 g/mol. The van der Waals surface area contributed by atoms with Crippen molar-refractivity contribution in [3.63, 3.8) is 0 Å². The van der Waals surface area contributed by atoms with Gasteiger partial charge in [-0.1, -0.05) is 24.3 Å². The van der Waals surface area contributed by atoms with Gasteiger partial charge >= 0.3 is 0 Å². The van der Waals surface area contributed by atoms with Gasteiger partial charge in [0.1, 0.15) is 0 Å².